The molecular weight excluding hydrogens is 198 g/mol. The predicted octanol–water partition coefficient (Wildman–Crippen LogP) is 0.375. The number of carboxylic acids is 1. The van der Waals surface area contributed by atoms with Crippen molar-refractivity contribution in [3.8, 4) is 0 Å². The number of aromatic nitrogens is 2. The molecule has 6 nitrogen and oxygen atoms in total. The monoisotopic (exact) mass is 213 g/mol. The topological polar surface area (TPSA) is 88.2 Å². The van der Waals surface area contributed by atoms with Crippen LogP contribution >= 0.6 is 0 Å². The van der Waals surface area contributed by atoms with E-state index in [4.69, 9.17) is 9.63 Å². The zero-order valence-corrected chi connectivity index (χ0v) is 8.69. The van der Waals surface area contributed by atoms with Gasteiger partial charge in [0, 0.05) is 19.4 Å². The van der Waals surface area contributed by atoms with E-state index in [1.54, 1.807) is 6.92 Å². The standard InChI is InChI=1S/C9H15N3O3/c1-7-11-8(15-12-7)4-6-10-5-2-3-9(13)14/h10H,2-6H2,1H3,(H,13,14). The van der Waals surface area contributed by atoms with Gasteiger partial charge in [-0.1, -0.05) is 5.16 Å². The second-order valence-electron chi connectivity index (χ2n) is 3.23. The number of rotatable bonds is 7. The van der Waals surface area contributed by atoms with Crippen molar-refractivity contribution in [1.29, 1.82) is 0 Å². The van der Waals surface area contributed by atoms with Crippen LogP contribution in [0.25, 0.3) is 0 Å². The van der Waals surface area contributed by atoms with E-state index >= 15 is 0 Å². The Hall–Kier alpha value is -1.43. The average molecular weight is 213 g/mol. The van der Waals surface area contributed by atoms with Crippen molar-refractivity contribution in [1.82, 2.24) is 15.5 Å². The van der Waals surface area contributed by atoms with E-state index in [0.29, 0.717) is 31.1 Å². The summed E-state index contributed by atoms with van der Waals surface area (Å²) in [7, 11) is 0. The van der Waals surface area contributed by atoms with Crippen LogP contribution in [-0.2, 0) is 11.2 Å². The fourth-order valence-electron chi connectivity index (χ4n) is 1.13. The lowest BCUT2D eigenvalue weighted by atomic mass is 10.3. The third-order valence-corrected chi connectivity index (χ3v) is 1.83. The van der Waals surface area contributed by atoms with Gasteiger partial charge in [-0.15, -0.1) is 0 Å². The van der Waals surface area contributed by atoms with Gasteiger partial charge in [0.1, 0.15) is 0 Å². The molecule has 0 bridgehead atoms. The summed E-state index contributed by atoms with van der Waals surface area (Å²) in [4.78, 5) is 14.2. The molecule has 0 saturated heterocycles. The molecule has 84 valence electrons. The van der Waals surface area contributed by atoms with Crippen LogP contribution in [0.5, 0.6) is 0 Å². The maximum Gasteiger partial charge on any atom is 0.303 e. The molecule has 6 heteroatoms. The lowest BCUT2D eigenvalue weighted by Gasteiger charge is -2.00. The van der Waals surface area contributed by atoms with E-state index in [9.17, 15) is 4.79 Å². The van der Waals surface area contributed by atoms with Crippen molar-refractivity contribution in [3.05, 3.63) is 11.7 Å². The minimum atomic E-state index is -0.760. The molecule has 0 amide bonds. The molecule has 2 N–H and O–H groups in total. The highest BCUT2D eigenvalue weighted by Gasteiger charge is 2.01. The summed E-state index contributed by atoms with van der Waals surface area (Å²) in [5, 5.41) is 15.2. The Bertz CT molecular complexity index is 311. The molecule has 0 atom stereocenters. The van der Waals surface area contributed by atoms with Gasteiger partial charge in [-0.3, -0.25) is 4.79 Å². The molecule has 0 aliphatic carbocycles. The Labute approximate surface area is 87.7 Å². The van der Waals surface area contributed by atoms with Gasteiger partial charge in [-0.2, -0.15) is 4.98 Å². The summed E-state index contributed by atoms with van der Waals surface area (Å²) >= 11 is 0. The summed E-state index contributed by atoms with van der Waals surface area (Å²) in [6, 6.07) is 0. The summed E-state index contributed by atoms with van der Waals surface area (Å²) in [5.41, 5.74) is 0. The number of hydrogen-bond acceptors (Lipinski definition) is 5. The molecule has 15 heavy (non-hydrogen) atoms. The third-order valence-electron chi connectivity index (χ3n) is 1.83. The SMILES string of the molecule is Cc1noc(CCNCCCC(=O)O)n1. The van der Waals surface area contributed by atoms with Gasteiger partial charge in [0.25, 0.3) is 0 Å². The number of nitrogens with zero attached hydrogens (tertiary/aromatic N) is 2. The molecule has 1 rings (SSSR count). The van der Waals surface area contributed by atoms with Crippen molar-refractivity contribution >= 4 is 5.97 Å². The van der Waals surface area contributed by atoms with Gasteiger partial charge in [0.05, 0.1) is 0 Å². The van der Waals surface area contributed by atoms with Gasteiger partial charge in [-0.25, -0.2) is 0 Å². The van der Waals surface area contributed by atoms with E-state index in [2.05, 4.69) is 15.5 Å². The summed E-state index contributed by atoms with van der Waals surface area (Å²) in [6.07, 6.45) is 1.51. The molecule has 0 spiro atoms. The molecule has 1 heterocycles. The minimum absolute atomic E-state index is 0.201. The maximum atomic E-state index is 10.2. The summed E-state index contributed by atoms with van der Waals surface area (Å²) < 4.78 is 4.91. The first-order valence-electron chi connectivity index (χ1n) is 4.90. The second kappa shape index (κ2) is 6.13. The van der Waals surface area contributed by atoms with E-state index in [1.165, 1.54) is 0 Å². The van der Waals surface area contributed by atoms with Gasteiger partial charge < -0.3 is 14.9 Å². The number of aliphatic carboxylic acids is 1. The Morgan fingerprint density at radius 2 is 2.33 bits per heavy atom. The normalized spacial score (nSPS) is 10.5. The number of nitrogens with one attached hydrogen (secondary N) is 1. The molecule has 0 aliphatic heterocycles. The molecule has 1 aromatic rings. The molecule has 0 unspecified atom stereocenters. The van der Waals surface area contributed by atoms with Gasteiger partial charge in [0.2, 0.25) is 5.89 Å². The molecule has 0 aromatic carbocycles. The van der Waals surface area contributed by atoms with Gasteiger partial charge in [-0.05, 0) is 19.9 Å². The number of hydrogen-bond donors (Lipinski definition) is 2. The fourth-order valence-corrected chi connectivity index (χ4v) is 1.13. The first kappa shape index (κ1) is 11.6. The van der Waals surface area contributed by atoms with E-state index in [0.717, 1.165) is 6.54 Å². The molecule has 0 fully saturated rings. The largest absolute Gasteiger partial charge is 0.481 e. The van der Waals surface area contributed by atoms with Crippen LogP contribution in [0.3, 0.4) is 0 Å². The predicted molar refractivity (Wildman–Crippen MR) is 52.5 cm³/mol. The highest BCUT2D eigenvalue weighted by atomic mass is 16.5. The molecule has 1 aromatic heterocycles. The van der Waals surface area contributed by atoms with Gasteiger partial charge in [0.15, 0.2) is 5.82 Å². The van der Waals surface area contributed by atoms with Crippen molar-refractivity contribution in [2.24, 2.45) is 0 Å². The average Bonchev–Trinajstić information content (AvgIpc) is 2.57. The molecule has 0 saturated carbocycles. The Balaban J connectivity index is 2.00. The highest BCUT2D eigenvalue weighted by molar-refractivity contribution is 5.66. The maximum absolute atomic E-state index is 10.2. The number of aryl methyl sites for hydroxylation is 1. The fraction of sp³-hybridized carbons (Fsp3) is 0.667. The van der Waals surface area contributed by atoms with Crippen LogP contribution < -0.4 is 5.32 Å². The highest BCUT2D eigenvalue weighted by Crippen LogP contribution is 1.95. The Morgan fingerprint density at radius 1 is 1.53 bits per heavy atom. The zero-order chi connectivity index (χ0) is 11.1. The van der Waals surface area contributed by atoms with Crippen LogP contribution in [0.2, 0.25) is 0 Å². The lowest BCUT2D eigenvalue weighted by Crippen LogP contribution is -2.19. The van der Waals surface area contributed by atoms with Crippen molar-refractivity contribution in [2.75, 3.05) is 13.1 Å². The van der Waals surface area contributed by atoms with Crippen LogP contribution in [0.1, 0.15) is 24.6 Å². The van der Waals surface area contributed by atoms with Gasteiger partial charge >= 0.3 is 5.97 Å². The first-order valence-corrected chi connectivity index (χ1v) is 4.90. The smallest absolute Gasteiger partial charge is 0.303 e. The van der Waals surface area contributed by atoms with Crippen molar-refractivity contribution in [3.63, 3.8) is 0 Å². The lowest BCUT2D eigenvalue weighted by molar-refractivity contribution is -0.137. The second-order valence-corrected chi connectivity index (χ2v) is 3.23. The van der Waals surface area contributed by atoms with Crippen molar-refractivity contribution < 1.29 is 14.4 Å². The zero-order valence-electron chi connectivity index (χ0n) is 8.69. The Morgan fingerprint density at radius 3 is 2.93 bits per heavy atom. The molecule has 0 aliphatic rings. The number of carboxylic acid groups (broad SMARTS) is 1. The minimum Gasteiger partial charge on any atom is -0.481 e. The van der Waals surface area contributed by atoms with E-state index < -0.39 is 5.97 Å². The molecule has 0 radical (unpaired) electrons. The summed E-state index contributed by atoms with van der Waals surface area (Å²) in [5.74, 6) is 0.485. The van der Waals surface area contributed by atoms with Crippen molar-refractivity contribution in [2.45, 2.75) is 26.2 Å². The van der Waals surface area contributed by atoms with E-state index in [-0.39, 0.29) is 6.42 Å². The quantitative estimate of drug-likeness (QED) is 0.636. The Kier molecular flexibility index (Phi) is 4.76. The molecular formula is C9H15N3O3. The first-order chi connectivity index (χ1) is 7.18. The van der Waals surface area contributed by atoms with Crippen LogP contribution in [0.15, 0.2) is 4.52 Å². The van der Waals surface area contributed by atoms with E-state index in [1.807, 2.05) is 0 Å². The van der Waals surface area contributed by atoms with Crippen LogP contribution in [-0.4, -0.2) is 34.3 Å². The van der Waals surface area contributed by atoms with Crippen LogP contribution in [0.4, 0.5) is 0 Å². The third kappa shape index (κ3) is 5.11. The number of carbonyl (C=O) groups is 1. The van der Waals surface area contributed by atoms with Crippen LogP contribution in [0, 0.1) is 6.92 Å². The summed E-state index contributed by atoms with van der Waals surface area (Å²) in [6.45, 7) is 3.19.